The highest BCUT2D eigenvalue weighted by Gasteiger charge is 2.12. The third kappa shape index (κ3) is 8.57. The Morgan fingerprint density at radius 2 is 1.71 bits per heavy atom. The maximum absolute atomic E-state index is 11.2. The lowest BCUT2D eigenvalue weighted by atomic mass is 10.5. The van der Waals surface area contributed by atoms with Crippen molar-refractivity contribution < 1.29 is 9.53 Å². The average molecular weight is 322 g/mol. The van der Waals surface area contributed by atoms with Gasteiger partial charge in [0.25, 0.3) is 0 Å². The Morgan fingerprint density at radius 3 is 2.06 bits per heavy atom. The lowest BCUT2D eigenvalue weighted by Crippen LogP contribution is -2.43. The number of hydrogen-bond donors (Lipinski definition) is 1. The highest BCUT2D eigenvalue weighted by molar-refractivity contribution is 6.37. The van der Waals surface area contributed by atoms with E-state index in [9.17, 15) is 4.79 Å². The number of nitrogens with one attached hydrogen (secondary N) is 1. The molecule has 0 aliphatic heterocycles. The summed E-state index contributed by atoms with van der Waals surface area (Å²) >= 11 is 22.3. The van der Waals surface area contributed by atoms with E-state index in [4.69, 9.17) is 51.1 Å². The first-order valence-electron chi connectivity index (χ1n) is 4.61. The van der Waals surface area contributed by atoms with Crippen LogP contribution in [0.3, 0.4) is 0 Å². The lowest BCUT2D eigenvalue weighted by molar-refractivity contribution is 0.118. The molecule has 0 bridgehead atoms. The normalized spacial score (nSPS) is 12.8. The zero-order valence-electron chi connectivity index (χ0n) is 9.05. The molecule has 17 heavy (non-hydrogen) atoms. The molecule has 0 aliphatic rings. The van der Waals surface area contributed by atoms with Gasteiger partial charge in [-0.05, 0) is 6.92 Å². The van der Waals surface area contributed by atoms with Gasteiger partial charge in [-0.3, -0.25) is 5.43 Å². The molecule has 0 unspecified atom stereocenters. The molecule has 0 aromatic heterocycles. The number of carbonyl (C=O) groups is 1. The topological polar surface area (TPSA) is 41.6 Å². The predicted molar refractivity (Wildman–Crippen MR) is 71.3 cm³/mol. The van der Waals surface area contributed by atoms with Crippen LogP contribution in [-0.2, 0) is 4.74 Å². The van der Waals surface area contributed by atoms with Crippen molar-refractivity contribution in [2.75, 3.05) is 19.7 Å². The summed E-state index contributed by atoms with van der Waals surface area (Å²) < 4.78 is 4.72. The minimum Gasteiger partial charge on any atom is -0.449 e. The predicted octanol–water partition coefficient (Wildman–Crippen LogP) is 3.59. The minimum atomic E-state index is -0.606. The number of carbonyl (C=O) groups excluding carboxylic acids is 1. The van der Waals surface area contributed by atoms with Crippen LogP contribution in [-0.4, -0.2) is 30.8 Å². The van der Waals surface area contributed by atoms with Gasteiger partial charge in [-0.1, -0.05) is 46.4 Å². The minimum absolute atomic E-state index is 0.185. The molecule has 0 spiro atoms. The smallest absolute Gasteiger partial charge is 0.421 e. The lowest BCUT2D eigenvalue weighted by Gasteiger charge is -2.21. The largest absolute Gasteiger partial charge is 0.449 e. The maximum atomic E-state index is 11.2. The van der Waals surface area contributed by atoms with Gasteiger partial charge in [0, 0.05) is 21.1 Å². The van der Waals surface area contributed by atoms with Gasteiger partial charge in [0.05, 0.1) is 19.7 Å². The van der Waals surface area contributed by atoms with E-state index >= 15 is 0 Å². The molecule has 0 aromatic rings. The Morgan fingerprint density at radius 1 is 1.24 bits per heavy atom. The molecule has 1 N–H and O–H groups in total. The van der Waals surface area contributed by atoms with Gasteiger partial charge in [-0.25, -0.2) is 9.80 Å². The second-order valence-corrected chi connectivity index (χ2v) is 4.21. The van der Waals surface area contributed by atoms with Crippen molar-refractivity contribution in [1.82, 2.24) is 10.4 Å². The maximum Gasteiger partial charge on any atom is 0.421 e. The molecule has 98 valence electrons. The quantitative estimate of drug-likeness (QED) is 0.760. The van der Waals surface area contributed by atoms with Gasteiger partial charge in [0.15, 0.2) is 0 Å². The van der Waals surface area contributed by atoms with E-state index in [0.29, 0.717) is 10.1 Å². The summed E-state index contributed by atoms with van der Waals surface area (Å²) in [5, 5.41) is 2.09. The van der Waals surface area contributed by atoms with Crippen molar-refractivity contribution in [2.24, 2.45) is 0 Å². The molecule has 8 heteroatoms. The molecule has 0 heterocycles. The van der Waals surface area contributed by atoms with Crippen molar-refractivity contribution in [2.45, 2.75) is 6.92 Å². The zero-order chi connectivity index (χ0) is 13.3. The van der Waals surface area contributed by atoms with Gasteiger partial charge < -0.3 is 4.74 Å². The monoisotopic (exact) mass is 320 g/mol. The molecule has 0 atom stereocenters. The first kappa shape index (κ1) is 16.9. The second-order valence-electron chi connectivity index (χ2n) is 2.80. The number of hydrogen-bond acceptors (Lipinski definition) is 3. The van der Waals surface area contributed by atoms with Gasteiger partial charge in [0.2, 0.25) is 0 Å². The molecule has 0 aromatic carbocycles. The van der Waals surface area contributed by atoms with Gasteiger partial charge in [-0.2, -0.15) is 0 Å². The van der Waals surface area contributed by atoms with Crippen molar-refractivity contribution in [3.63, 3.8) is 0 Å². The fourth-order valence-electron chi connectivity index (χ4n) is 0.861. The van der Waals surface area contributed by atoms with Gasteiger partial charge in [0.1, 0.15) is 0 Å². The molecule has 0 rings (SSSR count). The average Bonchev–Trinajstić information content (AvgIpc) is 2.28. The van der Waals surface area contributed by atoms with E-state index in [0.717, 1.165) is 0 Å². The van der Waals surface area contributed by atoms with Gasteiger partial charge >= 0.3 is 6.09 Å². The van der Waals surface area contributed by atoms with E-state index in [1.165, 1.54) is 16.1 Å². The molecule has 1 amide bonds. The molecule has 4 nitrogen and oxygen atoms in total. The summed E-state index contributed by atoms with van der Waals surface area (Å²) in [7, 11) is 0. The van der Waals surface area contributed by atoms with Crippen LogP contribution in [0.15, 0.2) is 21.1 Å². The second kappa shape index (κ2) is 9.85. The number of halogens is 4. The van der Waals surface area contributed by atoms with E-state index in [-0.39, 0.29) is 19.7 Å². The van der Waals surface area contributed by atoms with Crippen LogP contribution in [0.2, 0.25) is 0 Å². The van der Waals surface area contributed by atoms with Crippen LogP contribution >= 0.6 is 46.4 Å². The molecule has 0 saturated carbocycles. The standard InChI is InChI=1S/C9H12Cl4N2O2/c1-2-17-9(16)14-15(5-7(12)3-10)6-8(13)4-11/h3-4H,2,5-6H2,1H3,(H,14,16)/b7-3-,8-4+. The van der Waals surface area contributed by atoms with Crippen molar-refractivity contribution >= 4 is 52.5 Å². The van der Waals surface area contributed by atoms with Crippen LogP contribution in [0.4, 0.5) is 4.79 Å². The number of hydrazine groups is 1. The van der Waals surface area contributed by atoms with Crippen LogP contribution in [0, 0.1) is 0 Å². The number of amides is 1. The first-order chi connectivity index (χ1) is 8.03. The Hall–Kier alpha value is -0.130. The highest BCUT2D eigenvalue weighted by Crippen LogP contribution is 2.09. The molecule has 0 fully saturated rings. The third-order valence-corrected chi connectivity index (χ3v) is 2.65. The molecular formula is C9H12Cl4N2O2. The van der Waals surface area contributed by atoms with E-state index in [1.807, 2.05) is 0 Å². The number of ether oxygens (including phenoxy) is 1. The van der Waals surface area contributed by atoms with Crippen molar-refractivity contribution in [3.8, 4) is 0 Å². The Bertz CT molecular complexity index is 287. The van der Waals surface area contributed by atoms with E-state index in [2.05, 4.69) is 5.43 Å². The zero-order valence-corrected chi connectivity index (χ0v) is 12.1. The van der Waals surface area contributed by atoms with Crippen molar-refractivity contribution in [3.05, 3.63) is 21.1 Å². The fourth-order valence-corrected chi connectivity index (χ4v) is 1.29. The SMILES string of the molecule is CCOC(=O)NN(C/C(Cl)=C/Cl)C/C(Cl)=C\Cl. The van der Waals surface area contributed by atoms with Crippen molar-refractivity contribution in [1.29, 1.82) is 0 Å². The molecule has 0 radical (unpaired) electrons. The molecular weight excluding hydrogens is 310 g/mol. The summed E-state index contributed by atoms with van der Waals surface area (Å²) in [5.74, 6) is 0. The molecule has 0 saturated heterocycles. The molecule has 0 aliphatic carbocycles. The summed E-state index contributed by atoms with van der Waals surface area (Å²) in [6.45, 7) is 2.33. The summed E-state index contributed by atoms with van der Waals surface area (Å²) in [6, 6.07) is 0. The summed E-state index contributed by atoms with van der Waals surface area (Å²) in [4.78, 5) is 11.2. The van der Waals surface area contributed by atoms with Crippen LogP contribution < -0.4 is 5.43 Å². The van der Waals surface area contributed by atoms with E-state index < -0.39 is 6.09 Å². The Balaban J connectivity index is 4.45. The van der Waals surface area contributed by atoms with E-state index in [1.54, 1.807) is 6.92 Å². The first-order valence-corrected chi connectivity index (χ1v) is 6.24. The Kier molecular flexibility index (Phi) is 9.78. The van der Waals surface area contributed by atoms with Crippen LogP contribution in [0.1, 0.15) is 6.92 Å². The summed E-state index contributed by atoms with van der Waals surface area (Å²) in [5.41, 5.74) is 4.84. The third-order valence-electron chi connectivity index (χ3n) is 1.45. The number of nitrogens with zero attached hydrogens (tertiary/aromatic N) is 1. The van der Waals surface area contributed by atoms with Crippen LogP contribution in [0.25, 0.3) is 0 Å². The van der Waals surface area contributed by atoms with Crippen LogP contribution in [0.5, 0.6) is 0 Å². The van der Waals surface area contributed by atoms with Gasteiger partial charge in [-0.15, -0.1) is 0 Å². The fraction of sp³-hybridized carbons (Fsp3) is 0.444. The highest BCUT2D eigenvalue weighted by atomic mass is 35.5. The number of rotatable bonds is 6. The summed E-state index contributed by atoms with van der Waals surface area (Å²) in [6.07, 6.45) is -0.606. The Labute approximate surface area is 120 Å².